The third-order valence-corrected chi connectivity index (χ3v) is 3.19. The molecule has 0 radical (unpaired) electrons. The normalized spacial score (nSPS) is 10.9. The molecule has 2 heteroatoms. The van der Waals surface area contributed by atoms with Crippen molar-refractivity contribution in [2.45, 2.75) is 44.9 Å². The van der Waals surface area contributed by atoms with Gasteiger partial charge in [0, 0.05) is 0 Å². The molecule has 0 N–H and O–H groups in total. The van der Waals surface area contributed by atoms with Gasteiger partial charge >= 0.3 is 0 Å². The fourth-order valence-electron chi connectivity index (χ4n) is 2.36. The molecule has 0 aliphatic rings. The van der Waals surface area contributed by atoms with Gasteiger partial charge in [-0.2, -0.15) is 5.26 Å². The second-order valence-electron chi connectivity index (χ2n) is 4.43. The number of ether oxygens (including phenoxy) is 1. The molecular weight excluding hydrogens is 210 g/mol. The Morgan fingerprint density at radius 2 is 1.88 bits per heavy atom. The molecule has 1 rings (SSSR count). The Hall–Kier alpha value is -1.49. The number of hydrogen-bond donors (Lipinski definition) is 0. The van der Waals surface area contributed by atoms with Crippen LogP contribution >= 0.6 is 0 Å². The number of nitriles is 1. The highest BCUT2D eigenvalue weighted by atomic mass is 16.5. The maximum atomic E-state index is 9.56. The summed E-state index contributed by atoms with van der Waals surface area (Å²) in [4.78, 5) is 0. The molecule has 0 heterocycles. The third-order valence-electron chi connectivity index (χ3n) is 3.19. The molecule has 0 amide bonds. The van der Waals surface area contributed by atoms with Crippen LogP contribution in [-0.4, -0.2) is 7.11 Å². The van der Waals surface area contributed by atoms with Gasteiger partial charge in [0.2, 0.25) is 0 Å². The van der Waals surface area contributed by atoms with E-state index in [1.54, 1.807) is 7.11 Å². The first-order valence-corrected chi connectivity index (χ1v) is 6.28. The van der Waals surface area contributed by atoms with Gasteiger partial charge in [-0.1, -0.05) is 38.8 Å². The minimum atomic E-state index is -0.349. The molecule has 0 atom stereocenters. The van der Waals surface area contributed by atoms with E-state index in [-0.39, 0.29) is 5.41 Å². The predicted molar refractivity (Wildman–Crippen MR) is 70.1 cm³/mol. The van der Waals surface area contributed by atoms with E-state index in [0.717, 1.165) is 37.0 Å². The van der Waals surface area contributed by atoms with Crippen LogP contribution in [-0.2, 0) is 5.41 Å². The van der Waals surface area contributed by atoms with E-state index in [1.807, 2.05) is 24.3 Å². The van der Waals surface area contributed by atoms with Crippen molar-refractivity contribution in [3.63, 3.8) is 0 Å². The van der Waals surface area contributed by atoms with Crippen molar-refractivity contribution in [3.8, 4) is 11.8 Å². The van der Waals surface area contributed by atoms with Gasteiger partial charge in [-0.3, -0.25) is 0 Å². The molecule has 0 aromatic heterocycles. The molecule has 0 unspecified atom stereocenters. The van der Waals surface area contributed by atoms with Gasteiger partial charge in [-0.05, 0) is 30.5 Å². The molecule has 0 aliphatic carbocycles. The second kappa shape index (κ2) is 6.30. The Kier molecular flexibility index (Phi) is 5.03. The number of methoxy groups -OCH3 is 1. The summed E-state index contributed by atoms with van der Waals surface area (Å²) in [6.45, 7) is 4.25. The van der Waals surface area contributed by atoms with Crippen molar-refractivity contribution >= 4 is 0 Å². The smallest absolute Gasteiger partial charge is 0.119 e. The SMILES string of the molecule is CCCC(C#N)(CCC)c1cccc(OC)c1. The van der Waals surface area contributed by atoms with Crippen molar-refractivity contribution < 1.29 is 4.74 Å². The zero-order valence-electron chi connectivity index (χ0n) is 11.0. The standard InChI is InChI=1S/C15H21NO/c1-4-9-15(12-16,10-5-2)13-7-6-8-14(11-13)17-3/h6-8,11H,4-5,9-10H2,1-3H3. The van der Waals surface area contributed by atoms with Crippen LogP contribution in [0.4, 0.5) is 0 Å². The van der Waals surface area contributed by atoms with E-state index in [9.17, 15) is 5.26 Å². The van der Waals surface area contributed by atoms with Crippen molar-refractivity contribution in [3.05, 3.63) is 29.8 Å². The van der Waals surface area contributed by atoms with Gasteiger partial charge in [0.25, 0.3) is 0 Å². The van der Waals surface area contributed by atoms with E-state index < -0.39 is 0 Å². The molecule has 92 valence electrons. The second-order valence-corrected chi connectivity index (χ2v) is 4.43. The highest BCUT2D eigenvalue weighted by Gasteiger charge is 2.30. The molecule has 2 nitrogen and oxygen atoms in total. The van der Waals surface area contributed by atoms with E-state index in [0.29, 0.717) is 0 Å². The summed E-state index contributed by atoms with van der Waals surface area (Å²) in [6.07, 6.45) is 3.85. The van der Waals surface area contributed by atoms with Crippen molar-refractivity contribution in [2.75, 3.05) is 7.11 Å². The molecule has 1 aromatic rings. The average Bonchev–Trinajstić information content (AvgIpc) is 2.38. The molecule has 0 fully saturated rings. The Morgan fingerprint density at radius 3 is 2.35 bits per heavy atom. The van der Waals surface area contributed by atoms with Crippen LogP contribution in [0.2, 0.25) is 0 Å². The van der Waals surface area contributed by atoms with Crippen LogP contribution in [0, 0.1) is 11.3 Å². The lowest BCUT2D eigenvalue weighted by Gasteiger charge is -2.26. The predicted octanol–water partition coefficient (Wildman–Crippen LogP) is 4.06. The maximum Gasteiger partial charge on any atom is 0.119 e. The summed E-state index contributed by atoms with van der Waals surface area (Å²) in [5.74, 6) is 0.828. The summed E-state index contributed by atoms with van der Waals surface area (Å²) in [5, 5.41) is 9.56. The Bertz CT molecular complexity index is 386. The summed E-state index contributed by atoms with van der Waals surface area (Å²) >= 11 is 0. The van der Waals surface area contributed by atoms with Crippen LogP contribution in [0.15, 0.2) is 24.3 Å². The first kappa shape index (κ1) is 13.6. The Labute approximate surface area is 104 Å². The summed E-state index contributed by atoms with van der Waals surface area (Å²) < 4.78 is 5.24. The van der Waals surface area contributed by atoms with Gasteiger partial charge in [0.05, 0.1) is 18.6 Å². The molecule has 0 saturated carbocycles. The Balaban J connectivity index is 3.15. The van der Waals surface area contributed by atoms with Crippen LogP contribution in [0.25, 0.3) is 0 Å². The first-order chi connectivity index (χ1) is 8.22. The van der Waals surface area contributed by atoms with Crippen LogP contribution < -0.4 is 4.74 Å². The van der Waals surface area contributed by atoms with Gasteiger partial charge in [-0.25, -0.2) is 0 Å². The fraction of sp³-hybridized carbons (Fsp3) is 0.533. The third kappa shape index (κ3) is 3.00. The number of hydrogen-bond acceptors (Lipinski definition) is 2. The largest absolute Gasteiger partial charge is 0.497 e. The summed E-state index contributed by atoms with van der Waals surface area (Å²) in [5.41, 5.74) is 0.737. The first-order valence-electron chi connectivity index (χ1n) is 6.28. The lowest BCUT2D eigenvalue weighted by Crippen LogP contribution is -2.23. The quantitative estimate of drug-likeness (QED) is 0.739. The van der Waals surface area contributed by atoms with Crippen LogP contribution in [0.5, 0.6) is 5.75 Å². The minimum Gasteiger partial charge on any atom is -0.497 e. The van der Waals surface area contributed by atoms with E-state index in [2.05, 4.69) is 19.9 Å². The van der Waals surface area contributed by atoms with Gasteiger partial charge < -0.3 is 4.74 Å². The van der Waals surface area contributed by atoms with Crippen molar-refractivity contribution in [1.29, 1.82) is 5.26 Å². The molecule has 1 aromatic carbocycles. The van der Waals surface area contributed by atoms with Crippen molar-refractivity contribution in [2.24, 2.45) is 0 Å². The summed E-state index contributed by atoms with van der Waals surface area (Å²) in [7, 11) is 1.66. The summed E-state index contributed by atoms with van der Waals surface area (Å²) in [6, 6.07) is 10.4. The fourth-order valence-corrected chi connectivity index (χ4v) is 2.36. The average molecular weight is 231 g/mol. The Morgan fingerprint density at radius 1 is 1.24 bits per heavy atom. The zero-order valence-corrected chi connectivity index (χ0v) is 11.0. The van der Waals surface area contributed by atoms with E-state index in [1.165, 1.54) is 0 Å². The van der Waals surface area contributed by atoms with Crippen LogP contribution in [0.3, 0.4) is 0 Å². The lowest BCUT2D eigenvalue weighted by atomic mass is 9.75. The van der Waals surface area contributed by atoms with Gasteiger partial charge in [0.15, 0.2) is 0 Å². The highest BCUT2D eigenvalue weighted by molar-refractivity contribution is 5.38. The molecule has 0 saturated heterocycles. The van der Waals surface area contributed by atoms with Gasteiger partial charge in [-0.15, -0.1) is 0 Å². The zero-order chi connectivity index (χ0) is 12.7. The minimum absolute atomic E-state index is 0.349. The van der Waals surface area contributed by atoms with Crippen LogP contribution in [0.1, 0.15) is 45.1 Å². The highest BCUT2D eigenvalue weighted by Crippen LogP contribution is 2.35. The van der Waals surface area contributed by atoms with E-state index >= 15 is 0 Å². The lowest BCUT2D eigenvalue weighted by molar-refractivity contribution is 0.408. The van der Waals surface area contributed by atoms with E-state index in [4.69, 9.17) is 4.74 Å². The molecular formula is C15H21NO. The topological polar surface area (TPSA) is 33.0 Å². The number of nitrogens with zero attached hydrogens (tertiary/aromatic N) is 1. The molecule has 17 heavy (non-hydrogen) atoms. The molecule has 0 aliphatic heterocycles. The van der Waals surface area contributed by atoms with Crippen molar-refractivity contribution in [1.82, 2.24) is 0 Å². The molecule has 0 spiro atoms. The van der Waals surface area contributed by atoms with Gasteiger partial charge in [0.1, 0.15) is 5.75 Å². The number of rotatable bonds is 6. The maximum absolute atomic E-state index is 9.56. The molecule has 0 bridgehead atoms. The monoisotopic (exact) mass is 231 g/mol. The number of benzene rings is 1.